The molecule has 0 aliphatic carbocycles. The summed E-state index contributed by atoms with van der Waals surface area (Å²) in [6, 6.07) is 3.52. The summed E-state index contributed by atoms with van der Waals surface area (Å²) in [6.45, 7) is 4.42. The van der Waals surface area contributed by atoms with Crippen molar-refractivity contribution in [3.05, 3.63) is 51.9 Å². The van der Waals surface area contributed by atoms with E-state index in [9.17, 15) is 9.59 Å². The van der Waals surface area contributed by atoms with Gasteiger partial charge in [-0.15, -0.1) is 11.3 Å². The predicted octanol–water partition coefficient (Wildman–Crippen LogP) is 3.00. The number of aromatic nitrogens is 3. The molecule has 0 unspecified atom stereocenters. The SMILES string of the molecule is CCCC(=O)c1csc([C@@H]2C[C@@H](N)CN2C(=O)c2cn3cc(C)ccc3n2)n1. The van der Waals surface area contributed by atoms with Crippen molar-refractivity contribution < 1.29 is 9.59 Å². The van der Waals surface area contributed by atoms with Crippen LogP contribution in [0, 0.1) is 6.92 Å². The van der Waals surface area contributed by atoms with Crippen LogP contribution in [0.1, 0.15) is 63.8 Å². The molecule has 2 atom stereocenters. The van der Waals surface area contributed by atoms with Crippen molar-refractivity contribution in [2.75, 3.05) is 6.54 Å². The zero-order valence-corrected chi connectivity index (χ0v) is 16.8. The molecule has 0 aromatic carbocycles. The summed E-state index contributed by atoms with van der Waals surface area (Å²) in [5, 5.41) is 2.55. The van der Waals surface area contributed by atoms with Crippen LogP contribution in [0.25, 0.3) is 5.65 Å². The Morgan fingerprint density at radius 1 is 1.25 bits per heavy atom. The van der Waals surface area contributed by atoms with Gasteiger partial charge in [-0.05, 0) is 31.4 Å². The third kappa shape index (κ3) is 3.45. The predicted molar refractivity (Wildman–Crippen MR) is 108 cm³/mol. The van der Waals surface area contributed by atoms with Gasteiger partial charge in [0.25, 0.3) is 5.91 Å². The molecule has 0 spiro atoms. The zero-order chi connectivity index (χ0) is 19.8. The van der Waals surface area contributed by atoms with Gasteiger partial charge < -0.3 is 15.0 Å². The number of pyridine rings is 1. The van der Waals surface area contributed by atoms with Crippen molar-refractivity contribution in [1.82, 2.24) is 19.3 Å². The minimum absolute atomic E-state index is 0.0425. The van der Waals surface area contributed by atoms with Gasteiger partial charge >= 0.3 is 0 Å². The lowest BCUT2D eigenvalue weighted by molar-refractivity contribution is 0.0728. The van der Waals surface area contributed by atoms with Gasteiger partial charge in [0.15, 0.2) is 5.78 Å². The third-order valence-corrected chi connectivity index (χ3v) is 5.93. The number of thiazole rings is 1. The van der Waals surface area contributed by atoms with Crippen LogP contribution in [0.2, 0.25) is 0 Å². The fourth-order valence-corrected chi connectivity index (χ4v) is 4.55. The zero-order valence-electron chi connectivity index (χ0n) is 16.0. The van der Waals surface area contributed by atoms with Gasteiger partial charge in [-0.2, -0.15) is 0 Å². The van der Waals surface area contributed by atoms with E-state index in [-0.39, 0.29) is 23.8 Å². The maximum atomic E-state index is 13.2. The summed E-state index contributed by atoms with van der Waals surface area (Å²) in [4.78, 5) is 36.0. The minimum atomic E-state index is -0.220. The number of likely N-dealkylation sites (tertiary alicyclic amines) is 1. The first-order chi connectivity index (χ1) is 13.5. The Morgan fingerprint density at radius 3 is 2.86 bits per heavy atom. The maximum absolute atomic E-state index is 13.2. The maximum Gasteiger partial charge on any atom is 0.274 e. The van der Waals surface area contributed by atoms with Crippen molar-refractivity contribution in [2.24, 2.45) is 5.73 Å². The Labute approximate surface area is 167 Å². The Balaban J connectivity index is 1.61. The number of hydrogen-bond donors (Lipinski definition) is 1. The molecular weight excluding hydrogens is 374 g/mol. The molecule has 8 heteroatoms. The lowest BCUT2D eigenvalue weighted by Crippen LogP contribution is -2.33. The Hall–Kier alpha value is -2.58. The van der Waals surface area contributed by atoms with Crippen LogP contribution in [0.4, 0.5) is 0 Å². The van der Waals surface area contributed by atoms with Crippen LogP contribution in [0.3, 0.4) is 0 Å². The number of fused-ring (bicyclic) bond motifs is 1. The highest BCUT2D eigenvalue weighted by molar-refractivity contribution is 7.09. The molecule has 0 radical (unpaired) electrons. The van der Waals surface area contributed by atoms with Gasteiger partial charge in [0.05, 0.1) is 6.04 Å². The quantitative estimate of drug-likeness (QED) is 0.668. The normalized spacial score (nSPS) is 19.5. The van der Waals surface area contributed by atoms with Crippen molar-refractivity contribution in [3.63, 3.8) is 0 Å². The van der Waals surface area contributed by atoms with Crippen molar-refractivity contribution in [1.29, 1.82) is 0 Å². The van der Waals surface area contributed by atoms with E-state index < -0.39 is 0 Å². The second kappa shape index (κ2) is 7.44. The number of rotatable bonds is 5. The number of hydrogen-bond acceptors (Lipinski definition) is 6. The summed E-state index contributed by atoms with van der Waals surface area (Å²) in [5.41, 5.74) is 8.87. The first-order valence-electron chi connectivity index (χ1n) is 9.46. The standard InChI is InChI=1S/C20H23N5O2S/c1-3-4-17(26)15-11-28-19(23-15)16-7-13(21)9-25(16)20(27)14-10-24-8-12(2)5-6-18(24)22-14/h5-6,8,10-11,13,16H,3-4,7,9,21H2,1-2H3/t13-,16+/m1/s1. The largest absolute Gasteiger partial charge is 0.326 e. The molecule has 2 N–H and O–H groups in total. The van der Waals surface area contributed by atoms with Gasteiger partial charge in [-0.25, -0.2) is 9.97 Å². The van der Waals surface area contributed by atoms with Crippen LogP contribution in [0.15, 0.2) is 29.9 Å². The molecule has 1 amide bonds. The fraction of sp³-hybridized carbons (Fsp3) is 0.400. The van der Waals surface area contributed by atoms with E-state index in [4.69, 9.17) is 5.73 Å². The van der Waals surface area contributed by atoms with Crippen LogP contribution in [-0.2, 0) is 0 Å². The van der Waals surface area contributed by atoms with E-state index in [0.29, 0.717) is 30.8 Å². The second-order valence-corrected chi connectivity index (χ2v) is 8.20. The number of carbonyl (C=O) groups is 2. The number of imidazole rings is 1. The van der Waals surface area contributed by atoms with E-state index in [1.807, 2.05) is 36.6 Å². The lowest BCUT2D eigenvalue weighted by Gasteiger charge is -2.21. The van der Waals surface area contributed by atoms with Crippen LogP contribution >= 0.6 is 11.3 Å². The Bertz CT molecular complexity index is 1040. The Morgan fingerprint density at radius 2 is 2.07 bits per heavy atom. The molecule has 1 aliphatic heterocycles. The fourth-order valence-electron chi connectivity index (χ4n) is 3.60. The van der Waals surface area contributed by atoms with E-state index in [1.165, 1.54) is 11.3 Å². The van der Waals surface area contributed by atoms with Crippen molar-refractivity contribution in [3.8, 4) is 0 Å². The van der Waals surface area contributed by atoms with Gasteiger partial charge in [-0.1, -0.05) is 13.0 Å². The van der Waals surface area contributed by atoms with Crippen molar-refractivity contribution >= 4 is 28.7 Å². The third-order valence-electron chi connectivity index (χ3n) is 4.98. The molecule has 7 nitrogen and oxygen atoms in total. The van der Waals surface area contributed by atoms with E-state index in [0.717, 1.165) is 22.6 Å². The first-order valence-corrected chi connectivity index (χ1v) is 10.3. The molecular formula is C20H23N5O2S. The summed E-state index contributed by atoms with van der Waals surface area (Å²) in [6.07, 6.45) is 5.60. The number of nitrogens with two attached hydrogens (primary N) is 1. The molecule has 146 valence electrons. The second-order valence-electron chi connectivity index (χ2n) is 7.31. The van der Waals surface area contributed by atoms with Gasteiger partial charge in [-0.3, -0.25) is 9.59 Å². The number of aryl methyl sites for hydroxylation is 1. The molecule has 0 bridgehead atoms. The van der Waals surface area contributed by atoms with Gasteiger partial charge in [0.1, 0.15) is 22.0 Å². The molecule has 1 saturated heterocycles. The number of ketones is 1. The van der Waals surface area contributed by atoms with E-state index in [1.54, 1.807) is 16.5 Å². The average Bonchev–Trinajstić information content (AvgIpc) is 3.38. The number of nitrogens with zero attached hydrogens (tertiary/aromatic N) is 4. The van der Waals surface area contributed by atoms with Gasteiger partial charge in [0, 0.05) is 36.8 Å². The molecule has 1 aliphatic rings. The van der Waals surface area contributed by atoms with Crippen molar-refractivity contribution in [2.45, 2.75) is 45.2 Å². The first kappa shape index (κ1) is 18.8. The summed E-state index contributed by atoms with van der Waals surface area (Å²) < 4.78 is 1.86. The number of Topliss-reactive ketones (excluding diaryl/α,β-unsaturated/α-hetero) is 1. The highest BCUT2D eigenvalue weighted by Gasteiger charge is 2.37. The molecule has 3 aromatic heterocycles. The topological polar surface area (TPSA) is 93.6 Å². The summed E-state index contributed by atoms with van der Waals surface area (Å²) >= 11 is 1.42. The molecule has 4 rings (SSSR count). The highest BCUT2D eigenvalue weighted by atomic mass is 32.1. The molecule has 3 aromatic rings. The summed E-state index contributed by atoms with van der Waals surface area (Å²) in [5.74, 6) is -0.114. The van der Waals surface area contributed by atoms with E-state index >= 15 is 0 Å². The monoisotopic (exact) mass is 397 g/mol. The molecule has 1 fully saturated rings. The lowest BCUT2D eigenvalue weighted by atomic mass is 10.2. The van der Waals surface area contributed by atoms with E-state index in [2.05, 4.69) is 9.97 Å². The Kier molecular flexibility index (Phi) is 4.99. The molecule has 4 heterocycles. The van der Waals surface area contributed by atoms with Gasteiger partial charge in [0.2, 0.25) is 0 Å². The smallest absolute Gasteiger partial charge is 0.274 e. The minimum Gasteiger partial charge on any atom is -0.326 e. The summed E-state index contributed by atoms with van der Waals surface area (Å²) in [7, 11) is 0. The average molecular weight is 398 g/mol. The van der Waals surface area contributed by atoms with Crippen LogP contribution < -0.4 is 5.73 Å². The van der Waals surface area contributed by atoms with Crippen LogP contribution in [-0.4, -0.2) is 43.5 Å². The molecule has 0 saturated carbocycles. The highest BCUT2D eigenvalue weighted by Crippen LogP contribution is 2.34. The molecule has 28 heavy (non-hydrogen) atoms. The number of carbonyl (C=O) groups excluding carboxylic acids is 2. The number of amides is 1. The van der Waals surface area contributed by atoms with Crippen LogP contribution in [0.5, 0.6) is 0 Å².